The van der Waals surface area contributed by atoms with Crippen LogP contribution < -0.4 is 4.90 Å². The Kier molecular flexibility index (Phi) is 4.75. The van der Waals surface area contributed by atoms with E-state index in [9.17, 15) is 0 Å². The molecule has 0 saturated heterocycles. The van der Waals surface area contributed by atoms with Crippen molar-refractivity contribution >= 4 is 16.3 Å². The highest BCUT2D eigenvalue weighted by atomic mass is 32.1. The van der Waals surface area contributed by atoms with E-state index in [1.165, 1.54) is 49.1 Å². The molecule has 0 spiro atoms. The van der Waals surface area contributed by atoms with Gasteiger partial charge in [0, 0.05) is 12.6 Å². The molecule has 1 aromatic carbocycles. The molecule has 3 rings (SSSR count). The maximum Gasteiger partial charge on any atom is 0.0913 e. The van der Waals surface area contributed by atoms with Gasteiger partial charge in [0.2, 0.25) is 0 Å². The van der Waals surface area contributed by atoms with Crippen molar-refractivity contribution in [3.63, 3.8) is 0 Å². The molecule has 0 N–H and O–H groups in total. The maximum absolute atomic E-state index is 2.64. The second kappa shape index (κ2) is 6.94. The monoisotopic (exact) mass is 285 g/mol. The van der Waals surface area contributed by atoms with Gasteiger partial charge in [-0.3, -0.25) is 0 Å². The molecule has 1 aliphatic carbocycles. The molecule has 1 saturated carbocycles. The molecule has 106 valence electrons. The third kappa shape index (κ3) is 3.43. The van der Waals surface area contributed by atoms with Gasteiger partial charge in [0.05, 0.1) is 5.00 Å². The van der Waals surface area contributed by atoms with E-state index in [1.807, 2.05) is 11.3 Å². The Morgan fingerprint density at radius 1 is 0.900 bits per heavy atom. The normalized spacial score (nSPS) is 16.8. The van der Waals surface area contributed by atoms with E-state index in [0.717, 1.165) is 12.6 Å². The first-order valence-corrected chi connectivity index (χ1v) is 8.65. The summed E-state index contributed by atoms with van der Waals surface area (Å²) in [5.74, 6) is 0. The first-order valence-electron chi connectivity index (χ1n) is 7.77. The summed E-state index contributed by atoms with van der Waals surface area (Å²) in [6.45, 7) is 1.05. The highest BCUT2D eigenvalue weighted by molar-refractivity contribution is 7.14. The van der Waals surface area contributed by atoms with Crippen molar-refractivity contribution in [1.29, 1.82) is 0 Å². The van der Waals surface area contributed by atoms with Crippen LogP contribution in [-0.4, -0.2) is 6.04 Å². The summed E-state index contributed by atoms with van der Waals surface area (Å²) >= 11 is 1.88. The minimum atomic E-state index is 0.719. The van der Waals surface area contributed by atoms with E-state index in [4.69, 9.17) is 0 Å². The van der Waals surface area contributed by atoms with E-state index in [2.05, 4.69) is 52.7 Å². The van der Waals surface area contributed by atoms with Gasteiger partial charge in [-0.05, 0) is 35.9 Å². The van der Waals surface area contributed by atoms with Gasteiger partial charge in [0.1, 0.15) is 0 Å². The minimum Gasteiger partial charge on any atom is -0.356 e. The SMILES string of the molecule is c1ccc(CN(c2cccs2)C2CCCCCC2)cc1. The van der Waals surface area contributed by atoms with E-state index in [0.29, 0.717) is 0 Å². The predicted octanol–water partition coefficient (Wildman–Crippen LogP) is 5.48. The zero-order valence-electron chi connectivity index (χ0n) is 12.0. The fourth-order valence-corrected chi connectivity index (χ4v) is 3.97. The molecule has 20 heavy (non-hydrogen) atoms. The molecule has 2 heteroatoms. The van der Waals surface area contributed by atoms with E-state index in [-0.39, 0.29) is 0 Å². The van der Waals surface area contributed by atoms with Crippen LogP contribution in [0.5, 0.6) is 0 Å². The summed E-state index contributed by atoms with van der Waals surface area (Å²) in [6, 6.07) is 16.1. The third-order valence-electron chi connectivity index (χ3n) is 4.25. The van der Waals surface area contributed by atoms with Crippen LogP contribution in [0.15, 0.2) is 47.8 Å². The molecule has 1 heterocycles. The van der Waals surface area contributed by atoms with Crippen LogP contribution in [-0.2, 0) is 6.54 Å². The summed E-state index contributed by atoms with van der Waals surface area (Å²) in [6.07, 6.45) is 8.32. The van der Waals surface area contributed by atoms with Gasteiger partial charge in [-0.25, -0.2) is 0 Å². The summed E-state index contributed by atoms with van der Waals surface area (Å²) < 4.78 is 0. The first kappa shape index (κ1) is 13.7. The zero-order chi connectivity index (χ0) is 13.6. The summed E-state index contributed by atoms with van der Waals surface area (Å²) in [5, 5.41) is 3.63. The van der Waals surface area contributed by atoms with Crippen LogP contribution in [0.4, 0.5) is 5.00 Å². The Labute approximate surface area is 126 Å². The number of anilines is 1. The average Bonchev–Trinajstić information content (AvgIpc) is 2.88. The standard InChI is InChI=1S/C18H23NS/c1-2-7-12-17(11-6-1)19(18-13-8-14-20-18)15-16-9-4-3-5-10-16/h3-5,8-10,13-14,17H,1-2,6-7,11-12,15H2. The summed E-state index contributed by atoms with van der Waals surface area (Å²) in [4.78, 5) is 2.64. The van der Waals surface area contributed by atoms with Crippen molar-refractivity contribution < 1.29 is 0 Å². The largest absolute Gasteiger partial charge is 0.356 e. The molecule has 0 bridgehead atoms. The van der Waals surface area contributed by atoms with Crippen LogP contribution in [0.25, 0.3) is 0 Å². The molecule has 0 unspecified atom stereocenters. The summed E-state index contributed by atoms with van der Waals surface area (Å²) in [7, 11) is 0. The molecule has 1 aromatic heterocycles. The highest BCUT2D eigenvalue weighted by Gasteiger charge is 2.21. The van der Waals surface area contributed by atoms with E-state index < -0.39 is 0 Å². The Morgan fingerprint density at radius 3 is 2.30 bits per heavy atom. The average molecular weight is 285 g/mol. The maximum atomic E-state index is 2.64. The van der Waals surface area contributed by atoms with Crippen LogP contribution in [0, 0.1) is 0 Å². The predicted molar refractivity (Wildman–Crippen MR) is 88.4 cm³/mol. The number of hydrogen-bond donors (Lipinski definition) is 0. The molecule has 0 radical (unpaired) electrons. The van der Waals surface area contributed by atoms with E-state index in [1.54, 1.807) is 0 Å². The van der Waals surface area contributed by atoms with Crippen molar-refractivity contribution in [2.45, 2.75) is 51.1 Å². The number of hydrogen-bond acceptors (Lipinski definition) is 2. The molecule has 1 aliphatic rings. The third-order valence-corrected chi connectivity index (χ3v) is 5.16. The van der Waals surface area contributed by atoms with Gasteiger partial charge in [-0.15, -0.1) is 11.3 Å². The van der Waals surface area contributed by atoms with Gasteiger partial charge in [-0.2, -0.15) is 0 Å². The second-order valence-corrected chi connectivity index (χ2v) is 6.64. The number of rotatable bonds is 4. The fourth-order valence-electron chi connectivity index (χ4n) is 3.17. The summed E-state index contributed by atoms with van der Waals surface area (Å²) in [5.41, 5.74) is 1.42. The van der Waals surface area contributed by atoms with Gasteiger partial charge in [0.15, 0.2) is 0 Å². The van der Waals surface area contributed by atoms with Crippen LogP contribution in [0.3, 0.4) is 0 Å². The fraction of sp³-hybridized carbons (Fsp3) is 0.444. The molecule has 1 fully saturated rings. The zero-order valence-corrected chi connectivity index (χ0v) is 12.8. The van der Waals surface area contributed by atoms with Crippen molar-refractivity contribution in [3.05, 3.63) is 53.4 Å². The first-order chi connectivity index (χ1) is 9.93. The van der Waals surface area contributed by atoms with Gasteiger partial charge < -0.3 is 4.90 Å². The lowest BCUT2D eigenvalue weighted by Gasteiger charge is -2.32. The minimum absolute atomic E-state index is 0.719. The topological polar surface area (TPSA) is 3.24 Å². The number of thiophene rings is 1. The Hall–Kier alpha value is -1.28. The van der Waals surface area contributed by atoms with Crippen molar-refractivity contribution in [2.75, 3.05) is 4.90 Å². The van der Waals surface area contributed by atoms with Crippen LogP contribution >= 0.6 is 11.3 Å². The number of nitrogens with zero attached hydrogens (tertiary/aromatic N) is 1. The number of benzene rings is 1. The van der Waals surface area contributed by atoms with Crippen molar-refractivity contribution in [3.8, 4) is 0 Å². The second-order valence-electron chi connectivity index (χ2n) is 5.71. The van der Waals surface area contributed by atoms with Crippen molar-refractivity contribution in [1.82, 2.24) is 0 Å². The molecule has 0 amide bonds. The quantitative estimate of drug-likeness (QED) is 0.673. The molecule has 0 aliphatic heterocycles. The smallest absolute Gasteiger partial charge is 0.0913 e. The lowest BCUT2D eigenvalue weighted by Crippen LogP contribution is -2.33. The Bertz CT molecular complexity index is 483. The Balaban J connectivity index is 1.80. The molecule has 2 aromatic rings. The van der Waals surface area contributed by atoms with Crippen molar-refractivity contribution in [2.24, 2.45) is 0 Å². The molecule has 1 nitrogen and oxygen atoms in total. The van der Waals surface area contributed by atoms with E-state index >= 15 is 0 Å². The molecule has 0 atom stereocenters. The molecular formula is C18H23NS. The van der Waals surface area contributed by atoms with Gasteiger partial charge in [0.25, 0.3) is 0 Å². The van der Waals surface area contributed by atoms with Gasteiger partial charge >= 0.3 is 0 Å². The van der Waals surface area contributed by atoms with Crippen LogP contribution in [0.1, 0.15) is 44.1 Å². The van der Waals surface area contributed by atoms with Crippen LogP contribution in [0.2, 0.25) is 0 Å². The highest BCUT2D eigenvalue weighted by Crippen LogP contribution is 2.31. The molecular weight excluding hydrogens is 262 g/mol. The lowest BCUT2D eigenvalue weighted by atomic mass is 10.1. The Morgan fingerprint density at radius 2 is 1.65 bits per heavy atom. The van der Waals surface area contributed by atoms with Gasteiger partial charge in [-0.1, -0.05) is 56.0 Å². The lowest BCUT2D eigenvalue weighted by molar-refractivity contribution is 0.525.